The highest BCUT2D eigenvalue weighted by Gasteiger charge is 2.11. The standard InChI is InChI=1S/C9H15ClO3S/c10-14(11,12)8-4-2-6-9-5-1-3-7-13-9/h2,4,9H,1,3,5-8H2/b4-2-. The van der Waals surface area contributed by atoms with E-state index in [4.69, 9.17) is 15.4 Å². The van der Waals surface area contributed by atoms with Crippen LogP contribution in [0, 0.1) is 0 Å². The first-order valence-electron chi connectivity index (χ1n) is 4.77. The lowest BCUT2D eigenvalue weighted by molar-refractivity contribution is 0.0184. The van der Waals surface area contributed by atoms with Crippen molar-refractivity contribution in [1.29, 1.82) is 0 Å². The number of rotatable bonds is 4. The highest BCUT2D eigenvalue weighted by molar-refractivity contribution is 8.13. The summed E-state index contributed by atoms with van der Waals surface area (Å²) in [6.07, 6.45) is 7.86. The van der Waals surface area contributed by atoms with E-state index in [0.717, 1.165) is 25.9 Å². The van der Waals surface area contributed by atoms with E-state index < -0.39 is 9.05 Å². The fourth-order valence-corrected chi connectivity index (χ4v) is 2.01. The van der Waals surface area contributed by atoms with Crippen molar-refractivity contribution >= 4 is 19.7 Å². The van der Waals surface area contributed by atoms with Gasteiger partial charge in [-0.3, -0.25) is 0 Å². The minimum atomic E-state index is -3.38. The maximum Gasteiger partial charge on any atom is 0.236 e. The number of halogens is 1. The summed E-state index contributed by atoms with van der Waals surface area (Å²) in [5.41, 5.74) is 0. The van der Waals surface area contributed by atoms with E-state index in [0.29, 0.717) is 0 Å². The maximum atomic E-state index is 10.6. The molecular weight excluding hydrogens is 224 g/mol. The van der Waals surface area contributed by atoms with Gasteiger partial charge in [-0.15, -0.1) is 0 Å². The molecule has 0 N–H and O–H groups in total. The van der Waals surface area contributed by atoms with Crippen LogP contribution in [0.1, 0.15) is 25.7 Å². The number of ether oxygens (including phenoxy) is 1. The van der Waals surface area contributed by atoms with Crippen LogP contribution in [0.4, 0.5) is 0 Å². The van der Waals surface area contributed by atoms with Gasteiger partial charge < -0.3 is 4.74 Å². The van der Waals surface area contributed by atoms with Crippen LogP contribution in [-0.4, -0.2) is 26.9 Å². The average molecular weight is 239 g/mol. The maximum absolute atomic E-state index is 10.6. The molecule has 1 unspecified atom stereocenters. The van der Waals surface area contributed by atoms with E-state index in [9.17, 15) is 8.42 Å². The zero-order chi connectivity index (χ0) is 10.4. The summed E-state index contributed by atoms with van der Waals surface area (Å²) in [6, 6.07) is 0. The van der Waals surface area contributed by atoms with Gasteiger partial charge in [0, 0.05) is 17.3 Å². The summed E-state index contributed by atoms with van der Waals surface area (Å²) >= 11 is 0. The van der Waals surface area contributed by atoms with Crippen molar-refractivity contribution in [2.75, 3.05) is 12.4 Å². The molecule has 1 saturated heterocycles. The van der Waals surface area contributed by atoms with Crippen LogP contribution in [0.3, 0.4) is 0 Å². The molecule has 0 aromatic carbocycles. The summed E-state index contributed by atoms with van der Waals surface area (Å²) in [5, 5.41) is 0. The van der Waals surface area contributed by atoms with Crippen molar-refractivity contribution in [1.82, 2.24) is 0 Å². The quantitative estimate of drug-likeness (QED) is 0.556. The summed E-state index contributed by atoms with van der Waals surface area (Å²) in [4.78, 5) is 0. The molecule has 3 nitrogen and oxygen atoms in total. The zero-order valence-electron chi connectivity index (χ0n) is 7.99. The van der Waals surface area contributed by atoms with Crippen molar-refractivity contribution in [2.45, 2.75) is 31.8 Å². The van der Waals surface area contributed by atoms with Gasteiger partial charge in [0.1, 0.15) is 0 Å². The molecule has 14 heavy (non-hydrogen) atoms. The zero-order valence-corrected chi connectivity index (χ0v) is 9.56. The Balaban J connectivity index is 2.19. The molecule has 1 aliphatic rings. The van der Waals surface area contributed by atoms with Gasteiger partial charge in [-0.05, 0) is 25.7 Å². The average Bonchev–Trinajstić information content (AvgIpc) is 2.13. The van der Waals surface area contributed by atoms with Crippen LogP contribution < -0.4 is 0 Å². The molecule has 1 atom stereocenters. The minimum absolute atomic E-state index is 0.0960. The topological polar surface area (TPSA) is 43.4 Å². The molecule has 0 aliphatic carbocycles. The summed E-state index contributed by atoms with van der Waals surface area (Å²) in [6.45, 7) is 0.826. The minimum Gasteiger partial charge on any atom is -0.378 e. The lowest BCUT2D eigenvalue weighted by Crippen LogP contribution is -2.17. The monoisotopic (exact) mass is 238 g/mol. The third kappa shape index (κ3) is 5.62. The van der Waals surface area contributed by atoms with E-state index >= 15 is 0 Å². The first-order chi connectivity index (χ1) is 6.58. The lowest BCUT2D eigenvalue weighted by atomic mass is 10.1. The van der Waals surface area contributed by atoms with Crippen molar-refractivity contribution in [3.8, 4) is 0 Å². The van der Waals surface area contributed by atoms with Gasteiger partial charge in [-0.1, -0.05) is 12.2 Å². The molecule has 0 amide bonds. The van der Waals surface area contributed by atoms with Crippen LogP contribution in [0.2, 0.25) is 0 Å². The van der Waals surface area contributed by atoms with Crippen molar-refractivity contribution in [3.63, 3.8) is 0 Å². The molecule has 5 heteroatoms. The van der Waals surface area contributed by atoms with Crippen LogP contribution in [0.15, 0.2) is 12.2 Å². The van der Waals surface area contributed by atoms with Gasteiger partial charge in [0.2, 0.25) is 9.05 Å². The molecule has 0 aromatic rings. The summed E-state index contributed by atoms with van der Waals surface area (Å²) in [5.74, 6) is -0.0960. The van der Waals surface area contributed by atoms with E-state index in [-0.39, 0.29) is 11.9 Å². The Morgan fingerprint density at radius 1 is 1.36 bits per heavy atom. The lowest BCUT2D eigenvalue weighted by Gasteiger charge is -2.20. The SMILES string of the molecule is O=S(=O)(Cl)C/C=C\CC1CCCCO1. The fourth-order valence-electron chi connectivity index (χ4n) is 1.42. The highest BCUT2D eigenvalue weighted by Crippen LogP contribution is 2.15. The van der Waals surface area contributed by atoms with Gasteiger partial charge in [0.15, 0.2) is 0 Å². The van der Waals surface area contributed by atoms with Crippen LogP contribution in [-0.2, 0) is 13.8 Å². The first kappa shape index (κ1) is 12.0. The molecule has 1 heterocycles. The Morgan fingerprint density at radius 3 is 2.71 bits per heavy atom. The molecule has 0 aromatic heterocycles. The normalized spacial score (nSPS) is 24.2. The third-order valence-corrected chi connectivity index (χ3v) is 3.10. The van der Waals surface area contributed by atoms with E-state index in [1.54, 1.807) is 6.08 Å². The second kappa shape index (κ2) is 5.73. The summed E-state index contributed by atoms with van der Waals surface area (Å²) < 4.78 is 26.6. The molecule has 1 fully saturated rings. The predicted octanol–water partition coefficient (Wildman–Crippen LogP) is 2.07. The van der Waals surface area contributed by atoms with E-state index in [1.807, 2.05) is 6.08 Å². The van der Waals surface area contributed by atoms with Crippen LogP contribution in [0.5, 0.6) is 0 Å². The highest BCUT2D eigenvalue weighted by atomic mass is 35.7. The Hall–Kier alpha value is -0.0600. The molecular formula is C9H15ClO3S. The van der Waals surface area contributed by atoms with Gasteiger partial charge in [0.05, 0.1) is 11.9 Å². The molecule has 82 valence electrons. The number of hydrogen-bond acceptors (Lipinski definition) is 3. The second-order valence-electron chi connectivity index (χ2n) is 3.40. The smallest absolute Gasteiger partial charge is 0.236 e. The van der Waals surface area contributed by atoms with Crippen molar-refractivity contribution in [2.24, 2.45) is 0 Å². The molecule has 0 bridgehead atoms. The Bertz CT molecular complexity index is 278. The largest absolute Gasteiger partial charge is 0.378 e. The number of hydrogen-bond donors (Lipinski definition) is 0. The first-order valence-corrected chi connectivity index (χ1v) is 7.25. The van der Waals surface area contributed by atoms with Gasteiger partial charge in [-0.25, -0.2) is 8.42 Å². The van der Waals surface area contributed by atoms with Crippen LogP contribution in [0.25, 0.3) is 0 Å². The molecule has 0 radical (unpaired) electrons. The Kier molecular flexibility index (Phi) is 4.92. The summed E-state index contributed by atoms with van der Waals surface area (Å²) in [7, 11) is 1.66. The van der Waals surface area contributed by atoms with Crippen molar-refractivity contribution < 1.29 is 13.2 Å². The van der Waals surface area contributed by atoms with Crippen molar-refractivity contribution in [3.05, 3.63) is 12.2 Å². The van der Waals surface area contributed by atoms with Crippen LogP contribution >= 0.6 is 10.7 Å². The van der Waals surface area contributed by atoms with Gasteiger partial charge in [0.25, 0.3) is 0 Å². The third-order valence-electron chi connectivity index (χ3n) is 2.13. The molecule has 0 saturated carbocycles. The fraction of sp³-hybridized carbons (Fsp3) is 0.778. The Morgan fingerprint density at radius 2 is 2.14 bits per heavy atom. The molecule has 1 aliphatic heterocycles. The van der Waals surface area contributed by atoms with Gasteiger partial charge >= 0.3 is 0 Å². The van der Waals surface area contributed by atoms with Gasteiger partial charge in [-0.2, -0.15) is 0 Å². The predicted molar refractivity (Wildman–Crippen MR) is 57.0 cm³/mol. The van der Waals surface area contributed by atoms with E-state index in [1.165, 1.54) is 6.42 Å². The van der Waals surface area contributed by atoms with E-state index in [2.05, 4.69) is 0 Å². The molecule has 0 spiro atoms. The Labute approximate surface area is 89.5 Å². The second-order valence-corrected chi connectivity index (χ2v) is 6.22. The molecule has 1 rings (SSSR count).